The average molecular weight is 242 g/mol. The molecule has 1 aliphatic rings. The predicted octanol–water partition coefficient (Wildman–Crippen LogP) is 1.31. The standard InChI is InChI=1S/C13H26N2O2/c1-2-3-9-17-10-5-8-15-13(16)12-6-4-7-14-11-12/h12,14H,2-11H2,1H3,(H,15,16). The van der Waals surface area contributed by atoms with Crippen LogP contribution in [0.2, 0.25) is 0 Å². The number of ether oxygens (including phenoxy) is 1. The topological polar surface area (TPSA) is 50.4 Å². The molecule has 4 heteroatoms. The smallest absolute Gasteiger partial charge is 0.224 e. The summed E-state index contributed by atoms with van der Waals surface area (Å²) in [5.41, 5.74) is 0. The minimum Gasteiger partial charge on any atom is -0.381 e. The Bertz CT molecular complexity index is 204. The van der Waals surface area contributed by atoms with Crippen LogP contribution >= 0.6 is 0 Å². The third kappa shape index (κ3) is 6.64. The van der Waals surface area contributed by atoms with Crippen molar-refractivity contribution in [2.75, 3.05) is 32.8 Å². The zero-order chi connectivity index (χ0) is 12.3. The van der Waals surface area contributed by atoms with E-state index in [2.05, 4.69) is 17.6 Å². The molecule has 1 atom stereocenters. The molecule has 1 saturated heterocycles. The highest BCUT2D eigenvalue weighted by Gasteiger charge is 2.19. The molecule has 2 N–H and O–H groups in total. The van der Waals surface area contributed by atoms with Crippen LogP contribution < -0.4 is 10.6 Å². The van der Waals surface area contributed by atoms with Gasteiger partial charge in [-0.15, -0.1) is 0 Å². The van der Waals surface area contributed by atoms with E-state index >= 15 is 0 Å². The van der Waals surface area contributed by atoms with Gasteiger partial charge in [-0.25, -0.2) is 0 Å². The summed E-state index contributed by atoms with van der Waals surface area (Å²) in [5.74, 6) is 0.371. The monoisotopic (exact) mass is 242 g/mol. The van der Waals surface area contributed by atoms with E-state index in [0.717, 1.165) is 58.5 Å². The molecule has 1 fully saturated rings. The molecule has 0 aromatic rings. The maximum absolute atomic E-state index is 11.7. The van der Waals surface area contributed by atoms with E-state index in [1.165, 1.54) is 6.42 Å². The number of piperidine rings is 1. The lowest BCUT2D eigenvalue weighted by Gasteiger charge is -2.21. The molecular weight excluding hydrogens is 216 g/mol. The summed E-state index contributed by atoms with van der Waals surface area (Å²) in [6.45, 7) is 6.37. The van der Waals surface area contributed by atoms with Gasteiger partial charge in [0.1, 0.15) is 0 Å². The van der Waals surface area contributed by atoms with Crippen molar-refractivity contribution in [3.63, 3.8) is 0 Å². The Morgan fingerprint density at radius 3 is 2.94 bits per heavy atom. The van der Waals surface area contributed by atoms with Crippen molar-refractivity contribution in [1.29, 1.82) is 0 Å². The van der Waals surface area contributed by atoms with E-state index < -0.39 is 0 Å². The van der Waals surface area contributed by atoms with Crippen LogP contribution in [0.4, 0.5) is 0 Å². The van der Waals surface area contributed by atoms with Crippen LogP contribution in [0.25, 0.3) is 0 Å². The van der Waals surface area contributed by atoms with Crippen LogP contribution in [0, 0.1) is 5.92 Å². The highest BCUT2D eigenvalue weighted by molar-refractivity contribution is 5.78. The summed E-state index contributed by atoms with van der Waals surface area (Å²) in [4.78, 5) is 11.7. The number of hydrogen-bond donors (Lipinski definition) is 2. The highest BCUT2D eigenvalue weighted by atomic mass is 16.5. The van der Waals surface area contributed by atoms with Gasteiger partial charge in [-0.1, -0.05) is 13.3 Å². The quantitative estimate of drug-likeness (QED) is 0.631. The fraction of sp³-hybridized carbons (Fsp3) is 0.923. The summed E-state index contributed by atoms with van der Waals surface area (Å²) in [5, 5.41) is 6.24. The molecule has 1 heterocycles. The Balaban J connectivity index is 1.92. The second-order valence-corrected chi connectivity index (χ2v) is 4.65. The SMILES string of the molecule is CCCCOCCCNC(=O)C1CCCNC1. The molecule has 0 spiro atoms. The van der Waals surface area contributed by atoms with E-state index in [-0.39, 0.29) is 11.8 Å². The fourth-order valence-corrected chi connectivity index (χ4v) is 1.95. The van der Waals surface area contributed by atoms with Crippen LogP contribution in [-0.4, -0.2) is 38.8 Å². The Morgan fingerprint density at radius 2 is 2.24 bits per heavy atom. The molecule has 1 unspecified atom stereocenters. The van der Waals surface area contributed by atoms with Crippen molar-refractivity contribution in [1.82, 2.24) is 10.6 Å². The van der Waals surface area contributed by atoms with Gasteiger partial charge in [-0.3, -0.25) is 4.79 Å². The van der Waals surface area contributed by atoms with Crippen molar-refractivity contribution >= 4 is 5.91 Å². The van der Waals surface area contributed by atoms with Crippen LogP contribution in [-0.2, 0) is 9.53 Å². The molecule has 0 saturated carbocycles. The molecule has 0 radical (unpaired) electrons. The summed E-state index contributed by atoms with van der Waals surface area (Å²) in [6, 6.07) is 0. The maximum Gasteiger partial charge on any atom is 0.224 e. The largest absolute Gasteiger partial charge is 0.381 e. The number of nitrogens with one attached hydrogen (secondary N) is 2. The Labute approximate surface area is 104 Å². The van der Waals surface area contributed by atoms with Gasteiger partial charge in [-0.2, -0.15) is 0 Å². The van der Waals surface area contributed by atoms with Crippen molar-refractivity contribution in [3.8, 4) is 0 Å². The second kappa shape index (κ2) is 9.42. The first kappa shape index (κ1) is 14.5. The van der Waals surface area contributed by atoms with E-state index in [4.69, 9.17) is 4.74 Å². The van der Waals surface area contributed by atoms with Gasteiger partial charge >= 0.3 is 0 Å². The molecule has 100 valence electrons. The van der Waals surface area contributed by atoms with E-state index in [1.807, 2.05) is 0 Å². The molecule has 0 aromatic heterocycles. The molecule has 0 aliphatic carbocycles. The van der Waals surface area contributed by atoms with Crippen molar-refractivity contribution in [2.24, 2.45) is 5.92 Å². The van der Waals surface area contributed by atoms with E-state index in [0.29, 0.717) is 0 Å². The molecule has 1 aliphatic heterocycles. The number of unbranched alkanes of at least 4 members (excludes halogenated alkanes) is 1. The van der Waals surface area contributed by atoms with Crippen LogP contribution in [0.15, 0.2) is 0 Å². The molecular formula is C13H26N2O2. The first-order valence-corrected chi connectivity index (χ1v) is 6.90. The minimum absolute atomic E-state index is 0.171. The van der Waals surface area contributed by atoms with Gasteiger partial charge in [0.05, 0.1) is 5.92 Å². The number of rotatable bonds is 8. The maximum atomic E-state index is 11.7. The van der Waals surface area contributed by atoms with Crippen molar-refractivity contribution in [3.05, 3.63) is 0 Å². The van der Waals surface area contributed by atoms with Gasteiger partial charge in [-0.05, 0) is 32.2 Å². The summed E-state index contributed by atoms with van der Waals surface area (Å²) in [6.07, 6.45) is 5.34. The van der Waals surface area contributed by atoms with Gasteiger partial charge in [0.15, 0.2) is 0 Å². The fourth-order valence-electron chi connectivity index (χ4n) is 1.95. The number of carbonyl (C=O) groups excluding carboxylic acids is 1. The zero-order valence-corrected chi connectivity index (χ0v) is 11.0. The summed E-state index contributed by atoms with van der Waals surface area (Å²) < 4.78 is 5.44. The minimum atomic E-state index is 0.171. The van der Waals surface area contributed by atoms with Gasteiger partial charge in [0.2, 0.25) is 5.91 Å². The molecule has 1 amide bonds. The molecule has 1 rings (SSSR count). The third-order valence-electron chi connectivity index (χ3n) is 3.07. The zero-order valence-electron chi connectivity index (χ0n) is 11.0. The van der Waals surface area contributed by atoms with Gasteiger partial charge < -0.3 is 15.4 Å². The first-order valence-electron chi connectivity index (χ1n) is 6.90. The lowest BCUT2D eigenvalue weighted by atomic mass is 9.99. The Morgan fingerprint density at radius 1 is 1.41 bits per heavy atom. The molecule has 0 bridgehead atoms. The van der Waals surface area contributed by atoms with E-state index in [1.54, 1.807) is 0 Å². The molecule has 17 heavy (non-hydrogen) atoms. The first-order chi connectivity index (χ1) is 8.34. The second-order valence-electron chi connectivity index (χ2n) is 4.65. The van der Waals surface area contributed by atoms with E-state index in [9.17, 15) is 4.79 Å². The Hall–Kier alpha value is -0.610. The van der Waals surface area contributed by atoms with Crippen molar-refractivity contribution < 1.29 is 9.53 Å². The third-order valence-corrected chi connectivity index (χ3v) is 3.07. The molecule has 0 aromatic carbocycles. The Kier molecular flexibility index (Phi) is 8.01. The van der Waals surface area contributed by atoms with Crippen LogP contribution in [0.5, 0.6) is 0 Å². The number of carbonyl (C=O) groups is 1. The predicted molar refractivity (Wildman–Crippen MR) is 68.9 cm³/mol. The summed E-state index contributed by atoms with van der Waals surface area (Å²) >= 11 is 0. The average Bonchev–Trinajstić information content (AvgIpc) is 2.38. The number of hydrogen-bond acceptors (Lipinski definition) is 3. The van der Waals surface area contributed by atoms with Crippen molar-refractivity contribution in [2.45, 2.75) is 39.0 Å². The highest BCUT2D eigenvalue weighted by Crippen LogP contribution is 2.09. The van der Waals surface area contributed by atoms with Gasteiger partial charge in [0.25, 0.3) is 0 Å². The van der Waals surface area contributed by atoms with Crippen LogP contribution in [0.3, 0.4) is 0 Å². The number of amides is 1. The van der Waals surface area contributed by atoms with Crippen LogP contribution in [0.1, 0.15) is 39.0 Å². The molecule has 4 nitrogen and oxygen atoms in total. The van der Waals surface area contributed by atoms with Gasteiger partial charge in [0, 0.05) is 26.3 Å². The summed E-state index contributed by atoms with van der Waals surface area (Å²) in [7, 11) is 0. The lowest BCUT2D eigenvalue weighted by Crippen LogP contribution is -2.40. The lowest BCUT2D eigenvalue weighted by molar-refractivity contribution is -0.125. The normalized spacial score (nSPS) is 20.2.